The van der Waals surface area contributed by atoms with Gasteiger partial charge in [-0.05, 0) is 44.4 Å². The van der Waals surface area contributed by atoms with E-state index < -0.39 is 0 Å². The van der Waals surface area contributed by atoms with Crippen molar-refractivity contribution in [1.82, 2.24) is 4.90 Å². The Morgan fingerprint density at radius 1 is 1.47 bits per heavy atom. The van der Waals surface area contributed by atoms with Gasteiger partial charge < -0.3 is 5.73 Å². The number of likely N-dealkylation sites (tertiary alicyclic amines) is 1. The van der Waals surface area contributed by atoms with Gasteiger partial charge in [0.2, 0.25) is 0 Å². The Bertz CT molecular complexity index is 390. The van der Waals surface area contributed by atoms with Crippen molar-refractivity contribution in [2.45, 2.75) is 44.8 Å². The van der Waals surface area contributed by atoms with Crippen LogP contribution in [0.4, 0.5) is 0 Å². The summed E-state index contributed by atoms with van der Waals surface area (Å²) < 4.78 is 0. The molecule has 1 aliphatic heterocycles. The highest BCUT2D eigenvalue weighted by atomic mass is 35.5. The first-order chi connectivity index (χ1) is 7.97. The van der Waals surface area contributed by atoms with Gasteiger partial charge in [0.1, 0.15) is 0 Å². The number of nitrogens with two attached hydrogens (primary N) is 1. The van der Waals surface area contributed by atoms with Crippen molar-refractivity contribution in [2.24, 2.45) is 5.73 Å². The molecular formula is C14H21ClN2. The molecule has 3 heteroatoms. The lowest BCUT2D eigenvalue weighted by Gasteiger charge is -2.44. The van der Waals surface area contributed by atoms with Gasteiger partial charge in [0.25, 0.3) is 0 Å². The summed E-state index contributed by atoms with van der Waals surface area (Å²) in [4.78, 5) is 2.47. The highest BCUT2D eigenvalue weighted by Gasteiger charge is 2.32. The SMILES string of the molecule is CC1(C)CCC(N)CN1Cc1cccc(Cl)c1. The molecule has 2 nitrogen and oxygen atoms in total. The Balaban J connectivity index is 2.11. The first kappa shape index (κ1) is 12.9. The summed E-state index contributed by atoms with van der Waals surface area (Å²) in [6.07, 6.45) is 2.29. The van der Waals surface area contributed by atoms with Crippen molar-refractivity contribution in [1.29, 1.82) is 0 Å². The predicted octanol–water partition coefficient (Wildman–Crippen LogP) is 3.04. The van der Waals surface area contributed by atoms with E-state index in [1.807, 2.05) is 18.2 Å². The summed E-state index contributed by atoms with van der Waals surface area (Å²) in [6, 6.07) is 8.40. The minimum absolute atomic E-state index is 0.234. The van der Waals surface area contributed by atoms with Gasteiger partial charge in [0, 0.05) is 29.7 Å². The number of rotatable bonds is 2. The second-order valence-corrected chi connectivity index (χ2v) is 6.06. The third-order valence-corrected chi connectivity index (χ3v) is 3.94. The molecule has 1 saturated heterocycles. The van der Waals surface area contributed by atoms with E-state index in [0.29, 0.717) is 6.04 Å². The van der Waals surface area contributed by atoms with Gasteiger partial charge in [-0.3, -0.25) is 4.90 Å². The Morgan fingerprint density at radius 2 is 2.24 bits per heavy atom. The molecule has 0 radical (unpaired) electrons. The smallest absolute Gasteiger partial charge is 0.0409 e. The van der Waals surface area contributed by atoms with Crippen LogP contribution in [-0.4, -0.2) is 23.0 Å². The molecule has 1 atom stereocenters. The van der Waals surface area contributed by atoms with Crippen molar-refractivity contribution in [3.05, 3.63) is 34.9 Å². The van der Waals surface area contributed by atoms with E-state index in [1.165, 1.54) is 5.56 Å². The summed E-state index contributed by atoms with van der Waals surface area (Å²) in [5.74, 6) is 0. The first-order valence-corrected chi connectivity index (χ1v) is 6.60. The van der Waals surface area contributed by atoms with Crippen LogP contribution in [0, 0.1) is 0 Å². The minimum atomic E-state index is 0.234. The first-order valence-electron chi connectivity index (χ1n) is 6.22. The van der Waals surface area contributed by atoms with E-state index in [4.69, 9.17) is 17.3 Å². The molecule has 0 spiro atoms. The van der Waals surface area contributed by atoms with Crippen LogP contribution in [0.2, 0.25) is 5.02 Å². The molecule has 1 unspecified atom stereocenters. The molecule has 1 fully saturated rings. The van der Waals surface area contributed by atoms with Gasteiger partial charge in [0.05, 0.1) is 0 Å². The van der Waals surface area contributed by atoms with Crippen LogP contribution >= 0.6 is 11.6 Å². The summed E-state index contributed by atoms with van der Waals surface area (Å²) in [7, 11) is 0. The van der Waals surface area contributed by atoms with E-state index in [0.717, 1.165) is 31.0 Å². The predicted molar refractivity (Wildman–Crippen MR) is 73.2 cm³/mol. The number of benzene rings is 1. The number of hydrogen-bond donors (Lipinski definition) is 1. The van der Waals surface area contributed by atoms with Crippen molar-refractivity contribution in [3.8, 4) is 0 Å². The fraction of sp³-hybridized carbons (Fsp3) is 0.571. The van der Waals surface area contributed by atoms with Gasteiger partial charge in [-0.1, -0.05) is 23.7 Å². The molecule has 1 aliphatic rings. The lowest BCUT2D eigenvalue weighted by atomic mass is 9.88. The molecule has 0 aromatic heterocycles. The molecule has 1 aromatic rings. The molecule has 0 bridgehead atoms. The van der Waals surface area contributed by atoms with Crippen LogP contribution < -0.4 is 5.73 Å². The van der Waals surface area contributed by atoms with Gasteiger partial charge in [0.15, 0.2) is 0 Å². The highest BCUT2D eigenvalue weighted by molar-refractivity contribution is 6.30. The average Bonchev–Trinajstić information content (AvgIpc) is 2.24. The standard InChI is InChI=1S/C14H21ClN2/c1-14(2)7-6-13(16)10-17(14)9-11-4-3-5-12(15)8-11/h3-5,8,13H,6-7,9-10,16H2,1-2H3. The van der Waals surface area contributed by atoms with Crippen molar-refractivity contribution in [2.75, 3.05) is 6.54 Å². The van der Waals surface area contributed by atoms with Gasteiger partial charge in [-0.25, -0.2) is 0 Å². The van der Waals surface area contributed by atoms with E-state index in [1.54, 1.807) is 0 Å². The zero-order chi connectivity index (χ0) is 12.5. The van der Waals surface area contributed by atoms with E-state index >= 15 is 0 Å². The van der Waals surface area contributed by atoms with Gasteiger partial charge in [-0.2, -0.15) is 0 Å². The lowest BCUT2D eigenvalue weighted by Crippen LogP contribution is -2.53. The third-order valence-electron chi connectivity index (χ3n) is 3.70. The topological polar surface area (TPSA) is 29.3 Å². The Hall–Kier alpha value is -0.570. The molecule has 17 heavy (non-hydrogen) atoms. The second kappa shape index (κ2) is 4.97. The number of hydrogen-bond acceptors (Lipinski definition) is 2. The molecule has 0 aliphatic carbocycles. The Labute approximate surface area is 109 Å². The Morgan fingerprint density at radius 3 is 2.94 bits per heavy atom. The van der Waals surface area contributed by atoms with E-state index in [2.05, 4.69) is 24.8 Å². The largest absolute Gasteiger partial charge is 0.327 e. The molecule has 2 rings (SSSR count). The quantitative estimate of drug-likeness (QED) is 0.877. The number of piperidine rings is 1. The van der Waals surface area contributed by atoms with Gasteiger partial charge in [-0.15, -0.1) is 0 Å². The normalized spacial score (nSPS) is 24.8. The van der Waals surface area contributed by atoms with E-state index in [-0.39, 0.29) is 5.54 Å². The maximum atomic E-state index is 6.06. The van der Waals surface area contributed by atoms with Crippen molar-refractivity contribution >= 4 is 11.6 Å². The molecule has 1 aromatic carbocycles. The Kier molecular flexibility index (Phi) is 3.76. The maximum Gasteiger partial charge on any atom is 0.0409 e. The molecule has 1 heterocycles. The maximum absolute atomic E-state index is 6.06. The minimum Gasteiger partial charge on any atom is -0.327 e. The van der Waals surface area contributed by atoms with Crippen LogP contribution in [-0.2, 0) is 6.54 Å². The van der Waals surface area contributed by atoms with E-state index in [9.17, 15) is 0 Å². The zero-order valence-corrected chi connectivity index (χ0v) is 11.4. The number of nitrogens with zero attached hydrogens (tertiary/aromatic N) is 1. The highest BCUT2D eigenvalue weighted by Crippen LogP contribution is 2.28. The molecule has 2 N–H and O–H groups in total. The number of halogens is 1. The summed E-state index contributed by atoms with van der Waals surface area (Å²) >= 11 is 6.02. The van der Waals surface area contributed by atoms with Crippen LogP contribution in [0.25, 0.3) is 0 Å². The summed E-state index contributed by atoms with van der Waals surface area (Å²) in [5.41, 5.74) is 7.56. The molecule has 94 valence electrons. The molecule has 0 saturated carbocycles. The molecule has 0 amide bonds. The zero-order valence-electron chi connectivity index (χ0n) is 10.6. The van der Waals surface area contributed by atoms with Crippen molar-refractivity contribution < 1.29 is 0 Å². The van der Waals surface area contributed by atoms with Gasteiger partial charge >= 0.3 is 0 Å². The molecular weight excluding hydrogens is 232 g/mol. The van der Waals surface area contributed by atoms with Crippen LogP contribution in [0.5, 0.6) is 0 Å². The van der Waals surface area contributed by atoms with Crippen LogP contribution in [0.15, 0.2) is 24.3 Å². The van der Waals surface area contributed by atoms with Crippen LogP contribution in [0.1, 0.15) is 32.3 Å². The monoisotopic (exact) mass is 252 g/mol. The average molecular weight is 253 g/mol. The fourth-order valence-electron chi connectivity index (χ4n) is 2.45. The van der Waals surface area contributed by atoms with Crippen LogP contribution in [0.3, 0.4) is 0 Å². The third kappa shape index (κ3) is 3.21. The second-order valence-electron chi connectivity index (χ2n) is 5.62. The lowest BCUT2D eigenvalue weighted by molar-refractivity contribution is 0.0586. The summed E-state index contributed by atoms with van der Waals surface area (Å²) in [6.45, 7) is 6.49. The fourth-order valence-corrected chi connectivity index (χ4v) is 2.67. The summed E-state index contributed by atoms with van der Waals surface area (Å²) in [5, 5.41) is 0.807. The van der Waals surface area contributed by atoms with Crippen molar-refractivity contribution in [3.63, 3.8) is 0 Å².